The Labute approximate surface area is 142 Å². The molecule has 0 heterocycles. The maximum atomic E-state index is 11.8. The van der Waals surface area contributed by atoms with Crippen molar-refractivity contribution in [3.8, 4) is 5.75 Å². The normalized spacial score (nSPS) is 10.4. The SMILES string of the molecule is CCCCCOC(=O)Nc1cc(Cc2ccccc2)c(O)cc1N. The summed E-state index contributed by atoms with van der Waals surface area (Å²) in [5.41, 5.74) is 8.37. The molecule has 0 bridgehead atoms. The zero-order valence-electron chi connectivity index (χ0n) is 13.9. The topological polar surface area (TPSA) is 84.6 Å². The Kier molecular flexibility index (Phi) is 6.49. The van der Waals surface area contributed by atoms with Crippen molar-refractivity contribution in [1.82, 2.24) is 0 Å². The van der Waals surface area contributed by atoms with Crippen LogP contribution in [-0.2, 0) is 11.2 Å². The van der Waals surface area contributed by atoms with Gasteiger partial charge in [-0.25, -0.2) is 4.79 Å². The van der Waals surface area contributed by atoms with Crippen molar-refractivity contribution in [2.24, 2.45) is 0 Å². The molecule has 0 spiro atoms. The van der Waals surface area contributed by atoms with Crippen LogP contribution < -0.4 is 11.1 Å². The number of benzene rings is 2. The van der Waals surface area contributed by atoms with Gasteiger partial charge < -0.3 is 15.6 Å². The minimum atomic E-state index is -0.533. The van der Waals surface area contributed by atoms with Crippen LogP contribution >= 0.6 is 0 Å². The van der Waals surface area contributed by atoms with Crippen molar-refractivity contribution in [1.29, 1.82) is 0 Å². The Bertz CT molecular complexity index is 672. The molecular formula is C19H24N2O3. The highest BCUT2D eigenvalue weighted by atomic mass is 16.5. The molecular weight excluding hydrogens is 304 g/mol. The molecule has 2 rings (SSSR count). The first kappa shape index (κ1) is 17.7. The monoisotopic (exact) mass is 328 g/mol. The molecule has 0 saturated carbocycles. The number of unbranched alkanes of at least 4 members (excludes halogenated alkanes) is 2. The number of phenolic OH excluding ortho intramolecular Hbond substituents is 1. The summed E-state index contributed by atoms with van der Waals surface area (Å²) in [4.78, 5) is 11.8. The van der Waals surface area contributed by atoms with Crippen LogP contribution in [0, 0.1) is 0 Å². The summed E-state index contributed by atoms with van der Waals surface area (Å²) in [7, 11) is 0. The summed E-state index contributed by atoms with van der Waals surface area (Å²) >= 11 is 0. The second kappa shape index (κ2) is 8.82. The van der Waals surface area contributed by atoms with Crippen LogP contribution in [0.15, 0.2) is 42.5 Å². The molecule has 2 aromatic rings. The summed E-state index contributed by atoms with van der Waals surface area (Å²) in [6.45, 7) is 2.47. The van der Waals surface area contributed by atoms with E-state index in [2.05, 4.69) is 12.2 Å². The third kappa shape index (κ3) is 5.19. The number of carbonyl (C=O) groups is 1. The lowest BCUT2D eigenvalue weighted by atomic mass is 10.0. The predicted octanol–water partition coefficient (Wildman–Crippen LogP) is 4.30. The fraction of sp³-hybridized carbons (Fsp3) is 0.316. The summed E-state index contributed by atoms with van der Waals surface area (Å²) in [5, 5.41) is 12.7. The van der Waals surface area contributed by atoms with E-state index in [1.54, 1.807) is 6.07 Å². The minimum Gasteiger partial charge on any atom is -0.508 e. The van der Waals surface area contributed by atoms with Gasteiger partial charge in [-0.1, -0.05) is 50.1 Å². The summed E-state index contributed by atoms with van der Waals surface area (Å²) in [5.74, 6) is 0.109. The zero-order valence-corrected chi connectivity index (χ0v) is 13.9. The van der Waals surface area contributed by atoms with Crippen LogP contribution in [0.3, 0.4) is 0 Å². The molecule has 0 fully saturated rings. The number of ether oxygens (including phenoxy) is 1. The Hall–Kier alpha value is -2.69. The molecule has 5 heteroatoms. The average Bonchev–Trinajstić information content (AvgIpc) is 2.57. The Morgan fingerprint density at radius 2 is 1.96 bits per heavy atom. The van der Waals surface area contributed by atoms with Crippen molar-refractivity contribution in [2.75, 3.05) is 17.7 Å². The van der Waals surface area contributed by atoms with Gasteiger partial charge >= 0.3 is 6.09 Å². The second-order valence-electron chi connectivity index (χ2n) is 5.70. The minimum absolute atomic E-state index is 0.109. The number of carbonyl (C=O) groups excluding carboxylic acids is 1. The predicted molar refractivity (Wildman–Crippen MR) is 96.3 cm³/mol. The summed E-state index contributed by atoms with van der Waals surface area (Å²) in [6.07, 6.45) is 2.95. The molecule has 0 aliphatic rings. The third-order valence-corrected chi connectivity index (χ3v) is 3.71. The van der Waals surface area contributed by atoms with E-state index >= 15 is 0 Å². The quantitative estimate of drug-likeness (QED) is 0.402. The van der Waals surface area contributed by atoms with E-state index in [0.29, 0.717) is 30.0 Å². The first-order valence-corrected chi connectivity index (χ1v) is 8.19. The van der Waals surface area contributed by atoms with Crippen LogP contribution in [0.25, 0.3) is 0 Å². The molecule has 0 unspecified atom stereocenters. The zero-order chi connectivity index (χ0) is 17.4. The molecule has 128 valence electrons. The number of amides is 1. The van der Waals surface area contributed by atoms with E-state index in [1.165, 1.54) is 6.07 Å². The van der Waals surface area contributed by atoms with Crippen LogP contribution in [0.4, 0.5) is 16.2 Å². The summed E-state index contributed by atoms with van der Waals surface area (Å²) < 4.78 is 5.12. The molecule has 0 aromatic heterocycles. The molecule has 0 aliphatic carbocycles. The standard InChI is InChI=1S/C19H24N2O3/c1-2-3-7-10-24-19(23)21-17-12-15(18(22)13-16(17)20)11-14-8-5-4-6-9-14/h4-6,8-9,12-13,22H,2-3,7,10-11,20H2,1H3,(H,21,23). The van der Waals surface area contributed by atoms with Gasteiger partial charge in [0.15, 0.2) is 0 Å². The Balaban J connectivity index is 2.04. The van der Waals surface area contributed by atoms with E-state index in [0.717, 1.165) is 24.8 Å². The average molecular weight is 328 g/mol. The van der Waals surface area contributed by atoms with Crippen LogP contribution in [0.1, 0.15) is 37.3 Å². The van der Waals surface area contributed by atoms with Crippen molar-refractivity contribution in [2.45, 2.75) is 32.6 Å². The van der Waals surface area contributed by atoms with E-state index in [4.69, 9.17) is 10.5 Å². The molecule has 4 N–H and O–H groups in total. The number of aromatic hydroxyl groups is 1. The number of phenols is 1. The van der Waals surface area contributed by atoms with Crippen LogP contribution in [-0.4, -0.2) is 17.8 Å². The fourth-order valence-electron chi connectivity index (χ4n) is 2.38. The van der Waals surface area contributed by atoms with Gasteiger partial charge in [0.2, 0.25) is 0 Å². The van der Waals surface area contributed by atoms with Gasteiger partial charge in [-0.3, -0.25) is 5.32 Å². The highest BCUT2D eigenvalue weighted by Crippen LogP contribution is 2.30. The lowest BCUT2D eigenvalue weighted by Gasteiger charge is -2.12. The Morgan fingerprint density at radius 3 is 2.67 bits per heavy atom. The molecule has 0 aliphatic heterocycles. The maximum absolute atomic E-state index is 11.8. The van der Waals surface area contributed by atoms with Crippen molar-refractivity contribution in [3.63, 3.8) is 0 Å². The van der Waals surface area contributed by atoms with E-state index < -0.39 is 6.09 Å². The first-order chi connectivity index (χ1) is 11.6. The second-order valence-corrected chi connectivity index (χ2v) is 5.70. The van der Waals surface area contributed by atoms with Crippen LogP contribution in [0.5, 0.6) is 5.75 Å². The fourth-order valence-corrected chi connectivity index (χ4v) is 2.38. The van der Waals surface area contributed by atoms with E-state index in [1.807, 2.05) is 30.3 Å². The number of rotatable bonds is 7. The molecule has 1 amide bonds. The highest BCUT2D eigenvalue weighted by Gasteiger charge is 2.11. The largest absolute Gasteiger partial charge is 0.508 e. The van der Waals surface area contributed by atoms with Crippen LogP contribution in [0.2, 0.25) is 0 Å². The van der Waals surface area contributed by atoms with Gasteiger partial charge in [0.25, 0.3) is 0 Å². The molecule has 0 saturated heterocycles. The van der Waals surface area contributed by atoms with Gasteiger partial charge in [-0.15, -0.1) is 0 Å². The summed E-state index contributed by atoms with van der Waals surface area (Å²) in [6, 6.07) is 12.9. The molecule has 2 aromatic carbocycles. The third-order valence-electron chi connectivity index (χ3n) is 3.71. The first-order valence-electron chi connectivity index (χ1n) is 8.19. The lowest BCUT2D eigenvalue weighted by molar-refractivity contribution is 0.159. The van der Waals surface area contributed by atoms with Gasteiger partial charge in [0.1, 0.15) is 5.75 Å². The molecule has 0 atom stereocenters. The molecule has 5 nitrogen and oxygen atoms in total. The molecule has 24 heavy (non-hydrogen) atoms. The highest BCUT2D eigenvalue weighted by molar-refractivity contribution is 5.89. The van der Waals surface area contributed by atoms with E-state index in [-0.39, 0.29) is 5.75 Å². The van der Waals surface area contributed by atoms with Gasteiger partial charge in [0, 0.05) is 18.1 Å². The van der Waals surface area contributed by atoms with E-state index in [9.17, 15) is 9.90 Å². The van der Waals surface area contributed by atoms with Gasteiger partial charge in [-0.05, 0) is 18.1 Å². The van der Waals surface area contributed by atoms with Crippen molar-refractivity contribution < 1.29 is 14.6 Å². The maximum Gasteiger partial charge on any atom is 0.411 e. The van der Waals surface area contributed by atoms with Crippen molar-refractivity contribution >= 4 is 17.5 Å². The number of nitrogens with one attached hydrogen (secondary N) is 1. The molecule has 0 radical (unpaired) electrons. The number of hydrogen-bond donors (Lipinski definition) is 3. The Morgan fingerprint density at radius 1 is 1.21 bits per heavy atom. The lowest BCUT2D eigenvalue weighted by Crippen LogP contribution is -2.15. The number of hydrogen-bond acceptors (Lipinski definition) is 4. The number of nitrogens with two attached hydrogens (primary N) is 1. The van der Waals surface area contributed by atoms with Gasteiger partial charge in [0.05, 0.1) is 18.0 Å². The van der Waals surface area contributed by atoms with Crippen molar-refractivity contribution in [3.05, 3.63) is 53.6 Å². The van der Waals surface area contributed by atoms with Gasteiger partial charge in [-0.2, -0.15) is 0 Å². The number of nitrogen functional groups attached to an aromatic ring is 1. The number of anilines is 2. The smallest absolute Gasteiger partial charge is 0.411 e.